The molecule has 0 aliphatic heterocycles. The summed E-state index contributed by atoms with van der Waals surface area (Å²) in [5.74, 6) is -0.958. The molecule has 1 N–H and O–H groups in total. The van der Waals surface area contributed by atoms with Gasteiger partial charge in [-0.3, -0.25) is 9.69 Å². The molecule has 6 nitrogen and oxygen atoms in total. The predicted molar refractivity (Wildman–Crippen MR) is 50.5 cm³/mol. The maximum atomic E-state index is 10.7. The molecule has 0 unspecified atom stereocenters. The lowest BCUT2D eigenvalue weighted by Crippen LogP contribution is -2.35. The summed E-state index contributed by atoms with van der Waals surface area (Å²) in [6, 6.07) is -0.649. The molecular formula is C9H13NO5. The minimum absolute atomic E-state index is 0.227. The molecule has 0 aliphatic rings. The molecule has 0 saturated heterocycles. The molecule has 0 saturated carbocycles. The van der Waals surface area contributed by atoms with Gasteiger partial charge in [0.1, 0.15) is 11.8 Å². The topological polar surface area (TPSA) is 83.9 Å². The van der Waals surface area contributed by atoms with E-state index in [0.29, 0.717) is 11.5 Å². The molecule has 1 aromatic heterocycles. The first kappa shape index (κ1) is 11.5. The highest BCUT2D eigenvalue weighted by Crippen LogP contribution is 2.09. The highest BCUT2D eigenvalue weighted by atomic mass is 16.6. The summed E-state index contributed by atoms with van der Waals surface area (Å²) >= 11 is 0. The predicted octanol–water partition coefficient (Wildman–Crippen LogP) is 0.446. The summed E-state index contributed by atoms with van der Waals surface area (Å²) in [6.45, 7) is 3.38. The second kappa shape index (κ2) is 4.31. The molecular weight excluding hydrogens is 202 g/mol. The van der Waals surface area contributed by atoms with Crippen molar-refractivity contribution in [3.63, 3.8) is 0 Å². The van der Waals surface area contributed by atoms with Crippen molar-refractivity contribution in [1.82, 2.24) is 4.90 Å². The van der Waals surface area contributed by atoms with Crippen LogP contribution in [0, 0.1) is 6.92 Å². The average Bonchev–Trinajstić information content (AvgIpc) is 2.43. The SMILES string of the molecule is Cc1oc(=O)oc1CN(C)[C@@H](C)C(=O)O. The van der Waals surface area contributed by atoms with Gasteiger partial charge in [-0.2, -0.15) is 0 Å². The molecule has 6 heteroatoms. The van der Waals surface area contributed by atoms with Crippen molar-refractivity contribution in [2.24, 2.45) is 0 Å². The Morgan fingerprint density at radius 2 is 2.13 bits per heavy atom. The van der Waals surface area contributed by atoms with Gasteiger partial charge in [-0.1, -0.05) is 0 Å². The molecule has 1 rings (SSSR count). The Morgan fingerprint density at radius 3 is 2.53 bits per heavy atom. The van der Waals surface area contributed by atoms with Gasteiger partial charge in [0.25, 0.3) is 0 Å². The van der Waals surface area contributed by atoms with Crippen LogP contribution in [0.25, 0.3) is 0 Å². The van der Waals surface area contributed by atoms with Gasteiger partial charge in [0.2, 0.25) is 0 Å². The fraction of sp³-hybridized carbons (Fsp3) is 0.556. The molecule has 0 fully saturated rings. The summed E-state index contributed by atoms with van der Waals surface area (Å²) in [4.78, 5) is 22.9. The lowest BCUT2D eigenvalue weighted by molar-refractivity contribution is -0.142. The van der Waals surface area contributed by atoms with Crippen molar-refractivity contribution < 1.29 is 18.7 Å². The number of likely N-dealkylation sites (N-methyl/N-ethyl adjacent to an activating group) is 1. The lowest BCUT2D eigenvalue weighted by Gasteiger charge is -2.19. The van der Waals surface area contributed by atoms with Crippen molar-refractivity contribution in [1.29, 1.82) is 0 Å². The van der Waals surface area contributed by atoms with Crippen LogP contribution in [0.5, 0.6) is 0 Å². The van der Waals surface area contributed by atoms with Crippen LogP contribution in [0.3, 0.4) is 0 Å². The van der Waals surface area contributed by atoms with Gasteiger partial charge >= 0.3 is 11.8 Å². The van der Waals surface area contributed by atoms with Crippen molar-refractivity contribution in [3.05, 3.63) is 22.1 Å². The second-order valence-electron chi connectivity index (χ2n) is 3.36. The van der Waals surface area contributed by atoms with Gasteiger partial charge in [0.15, 0.2) is 5.76 Å². The van der Waals surface area contributed by atoms with Crippen LogP contribution < -0.4 is 5.82 Å². The third-order valence-electron chi connectivity index (χ3n) is 2.25. The average molecular weight is 215 g/mol. The maximum Gasteiger partial charge on any atom is 0.519 e. The zero-order valence-electron chi connectivity index (χ0n) is 8.81. The Morgan fingerprint density at radius 1 is 1.53 bits per heavy atom. The number of nitrogens with zero attached hydrogens (tertiary/aromatic N) is 1. The first-order valence-corrected chi connectivity index (χ1v) is 4.44. The van der Waals surface area contributed by atoms with E-state index in [0.717, 1.165) is 0 Å². The van der Waals surface area contributed by atoms with E-state index in [2.05, 4.69) is 4.42 Å². The highest BCUT2D eigenvalue weighted by Gasteiger charge is 2.19. The molecule has 1 aromatic rings. The van der Waals surface area contributed by atoms with E-state index >= 15 is 0 Å². The summed E-state index contributed by atoms with van der Waals surface area (Å²) in [6.07, 6.45) is 0. The standard InChI is InChI=1S/C9H13NO5/c1-5(8(11)12)10(3)4-7-6(2)14-9(13)15-7/h5H,4H2,1-3H3,(H,11,12)/t5-/m0/s1. The van der Waals surface area contributed by atoms with Gasteiger partial charge in [-0.05, 0) is 20.9 Å². The number of carboxylic acid groups (broad SMARTS) is 1. The molecule has 0 aromatic carbocycles. The molecule has 15 heavy (non-hydrogen) atoms. The number of carboxylic acids is 1. The largest absolute Gasteiger partial charge is 0.519 e. The molecule has 0 spiro atoms. The number of aryl methyl sites for hydroxylation is 1. The molecule has 84 valence electrons. The Bertz CT molecular complexity index is 405. The number of carbonyl (C=O) groups is 1. The van der Waals surface area contributed by atoms with Crippen molar-refractivity contribution in [2.45, 2.75) is 26.4 Å². The Labute approximate surface area is 86.1 Å². The molecule has 0 amide bonds. The quantitative estimate of drug-likeness (QED) is 0.784. The Hall–Kier alpha value is -1.56. The van der Waals surface area contributed by atoms with Crippen LogP contribution in [0.1, 0.15) is 18.4 Å². The van der Waals surface area contributed by atoms with Crippen LogP contribution in [0.15, 0.2) is 13.6 Å². The van der Waals surface area contributed by atoms with E-state index in [1.54, 1.807) is 25.8 Å². The summed E-state index contributed by atoms with van der Waals surface area (Å²) in [5, 5.41) is 8.75. The third kappa shape index (κ3) is 2.69. The smallest absolute Gasteiger partial charge is 0.480 e. The van der Waals surface area contributed by atoms with Crippen molar-refractivity contribution in [2.75, 3.05) is 7.05 Å². The Kier molecular flexibility index (Phi) is 3.31. The maximum absolute atomic E-state index is 10.7. The number of hydrogen-bond donors (Lipinski definition) is 1. The van der Waals surface area contributed by atoms with Crippen molar-refractivity contribution >= 4 is 5.97 Å². The van der Waals surface area contributed by atoms with Crippen LogP contribution in [-0.4, -0.2) is 29.1 Å². The number of aliphatic carboxylic acids is 1. The number of hydrogen-bond acceptors (Lipinski definition) is 5. The van der Waals surface area contributed by atoms with Gasteiger partial charge in [0.05, 0.1) is 6.54 Å². The third-order valence-corrected chi connectivity index (χ3v) is 2.25. The van der Waals surface area contributed by atoms with E-state index in [1.165, 1.54) is 0 Å². The van der Waals surface area contributed by atoms with Crippen LogP contribution in [0.4, 0.5) is 0 Å². The minimum atomic E-state index is -0.930. The van der Waals surface area contributed by atoms with Gasteiger partial charge in [-0.25, -0.2) is 4.79 Å². The van der Waals surface area contributed by atoms with Gasteiger partial charge in [-0.15, -0.1) is 0 Å². The Balaban J connectivity index is 2.74. The first-order chi connectivity index (χ1) is 6.91. The molecule has 1 heterocycles. The van der Waals surface area contributed by atoms with Crippen LogP contribution in [0.2, 0.25) is 0 Å². The van der Waals surface area contributed by atoms with E-state index in [9.17, 15) is 9.59 Å². The zero-order valence-corrected chi connectivity index (χ0v) is 8.81. The van der Waals surface area contributed by atoms with Crippen LogP contribution >= 0.6 is 0 Å². The monoisotopic (exact) mass is 215 g/mol. The van der Waals surface area contributed by atoms with Gasteiger partial charge in [0, 0.05) is 0 Å². The second-order valence-corrected chi connectivity index (χ2v) is 3.36. The number of rotatable bonds is 4. The molecule has 0 bridgehead atoms. The molecule has 1 atom stereocenters. The summed E-state index contributed by atoms with van der Waals surface area (Å²) < 4.78 is 9.42. The van der Waals surface area contributed by atoms with E-state index in [-0.39, 0.29) is 6.54 Å². The summed E-state index contributed by atoms with van der Waals surface area (Å²) in [7, 11) is 1.63. The zero-order chi connectivity index (χ0) is 11.6. The fourth-order valence-corrected chi connectivity index (χ4v) is 1.07. The highest BCUT2D eigenvalue weighted by molar-refractivity contribution is 5.72. The summed E-state index contributed by atoms with van der Waals surface area (Å²) in [5.41, 5.74) is 0. The lowest BCUT2D eigenvalue weighted by atomic mass is 10.3. The van der Waals surface area contributed by atoms with E-state index in [1.807, 2.05) is 0 Å². The van der Waals surface area contributed by atoms with Crippen molar-refractivity contribution in [3.8, 4) is 0 Å². The first-order valence-electron chi connectivity index (χ1n) is 4.44. The minimum Gasteiger partial charge on any atom is -0.480 e. The molecule has 0 radical (unpaired) electrons. The normalized spacial score (nSPS) is 13.1. The molecule has 0 aliphatic carbocycles. The van der Waals surface area contributed by atoms with Gasteiger partial charge < -0.3 is 13.9 Å². The van der Waals surface area contributed by atoms with E-state index < -0.39 is 17.8 Å². The van der Waals surface area contributed by atoms with Crippen LogP contribution in [-0.2, 0) is 11.3 Å². The van der Waals surface area contributed by atoms with E-state index in [4.69, 9.17) is 9.52 Å². The fourth-order valence-electron chi connectivity index (χ4n) is 1.07.